The molecule has 0 aromatic carbocycles. The molecular formula is C12H17NO. The lowest BCUT2D eigenvalue weighted by molar-refractivity contribution is 0.471. The molecule has 1 atom stereocenters. The summed E-state index contributed by atoms with van der Waals surface area (Å²) in [4.78, 5) is 4.28. The van der Waals surface area contributed by atoms with E-state index in [-0.39, 0.29) is 0 Å². The third-order valence-electron chi connectivity index (χ3n) is 2.07. The topological polar surface area (TPSA) is 26.0 Å². The van der Waals surface area contributed by atoms with Crippen molar-refractivity contribution in [2.24, 2.45) is 5.92 Å². The molecule has 0 fully saturated rings. The van der Waals surface area contributed by atoms with E-state index in [1.165, 1.54) is 0 Å². The maximum atomic E-state index is 5.28. The Hall–Kier alpha value is -1.23. The summed E-state index contributed by atoms with van der Waals surface area (Å²) in [6.07, 6.45) is 2.70. The Morgan fingerprint density at radius 2 is 2.14 bits per heavy atom. The molecule has 0 saturated heterocycles. The summed E-state index contributed by atoms with van der Waals surface area (Å²) in [7, 11) is 0. The molecule has 1 heterocycles. The highest BCUT2D eigenvalue weighted by Gasteiger charge is 2.05. The lowest BCUT2D eigenvalue weighted by Gasteiger charge is -1.94. The molecule has 0 bridgehead atoms. The summed E-state index contributed by atoms with van der Waals surface area (Å²) >= 11 is 0. The molecule has 0 saturated carbocycles. The molecule has 1 aromatic heterocycles. The first-order valence-electron chi connectivity index (χ1n) is 5.10. The van der Waals surface area contributed by atoms with E-state index in [1.807, 2.05) is 0 Å². The Morgan fingerprint density at radius 3 is 2.64 bits per heavy atom. The lowest BCUT2D eigenvalue weighted by Crippen LogP contribution is -1.88. The summed E-state index contributed by atoms with van der Waals surface area (Å²) in [5, 5.41) is 0. The van der Waals surface area contributed by atoms with Gasteiger partial charge in [0.1, 0.15) is 6.26 Å². The van der Waals surface area contributed by atoms with Crippen LogP contribution in [0.15, 0.2) is 10.7 Å². The predicted molar refractivity (Wildman–Crippen MR) is 56.9 cm³/mol. The van der Waals surface area contributed by atoms with Crippen molar-refractivity contribution in [2.45, 2.75) is 40.0 Å². The van der Waals surface area contributed by atoms with Crippen molar-refractivity contribution >= 4 is 0 Å². The van der Waals surface area contributed by atoms with E-state index in [2.05, 4.69) is 44.5 Å². The zero-order valence-electron chi connectivity index (χ0n) is 9.29. The Labute approximate surface area is 85.7 Å². The summed E-state index contributed by atoms with van der Waals surface area (Å²) in [6, 6.07) is 0. The molecule has 1 rings (SSSR count). The Morgan fingerprint density at radius 1 is 1.43 bits per heavy atom. The van der Waals surface area contributed by atoms with Crippen molar-refractivity contribution in [1.29, 1.82) is 0 Å². The van der Waals surface area contributed by atoms with Gasteiger partial charge in [-0.15, -0.1) is 0 Å². The zero-order valence-corrected chi connectivity index (χ0v) is 9.29. The van der Waals surface area contributed by atoms with Gasteiger partial charge in [-0.3, -0.25) is 0 Å². The highest BCUT2D eigenvalue weighted by molar-refractivity contribution is 5.25. The number of rotatable bonds is 2. The summed E-state index contributed by atoms with van der Waals surface area (Å²) < 4.78 is 5.28. The van der Waals surface area contributed by atoms with Crippen LogP contribution < -0.4 is 0 Å². The van der Waals surface area contributed by atoms with Crippen molar-refractivity contribution in [2.75, 3.05) is 0 Å². The first kappa shape index (κ1) is 10.8. The fourth-order valence-corrected chi connectivity index (χ4v) is 0.909. The quantitative estimate of drug-likeness (QED) is 0.671. The SMILES string of the molecule is CCC(C)C#Cc1coc(C(C)C)n1. The normalized spacial score (nSPS) is 12.4. The number of aromatic nitrogens is 1. The molecule has 0 aliphatic heterocycles. The Balaban J connectivity index is 2.71. The second kappa shape index (κ2) is 4.85. The molecule has 2 heteroatoms. The predicted octanol–water partition coefficient (Wildman–Crippen LogP) is 3.20. The van der Waals surface area contributed by atoms with Crippen LogP contribution >= 0.6 is 0 Å². The molecule has 1 unspecified atom stereocenters. The monoisotopic (exact) mass is 191 g/mol. The molecule has 0 amide bonds. The summed E-state index contributed by atoms with van der Waals surface area (Å²) in [5.41, 5.74) is 0.744. The van der Waals surface area contributed by atoms with Gasteiger partial charge in [-0.2, -0.15) is 0 Å². The average Bonchev–Trinajstić information content (AvgIpc) is 2.62. The molecule has 2 nitrogen and oxygen atoms in total. The largest absolute Gasteiger partial charge is 0.447 e. The lowest BCUT2D eigenvalue weighted by atomic mass is 10.1. The first-order chi connectivity index (χ1) is 6.63. The standard InChI is InChI=1S/C12H17NO/c1-5-10(4)6-7-11-8-14-12(13-11)9(2)3/h8-10H,5H2,1-4H3. The Kier molecular flexibility index (Phi) is 3.76. The van der Waals surface area contributed by atoms with Gasteiger partial charge in [-0.05, 0) is 12.3 Å². The van der Waals surface area contributed by atoms with Gasteiger partial charge in [0, 0.05) is 11.8 Å². The number of hydrogen-bond donors (Lipinski definition) is 0. The van der Waals surface area contributed by atoms with Gasteiger partial charge in [0.05, 0.1) is 0 Å². The van der Waals surface area contributed by atoms with Crippen molar-refractivity contribution in [3.63, 3.8) is 0 Å². The van der Waals surface area contributed by atoms with Gasteiger partial charge in [-0.25, -0.2) is 4.98 Å². The van der Waals surface area contributed by atoms with E-state index >= 15 is 0 Å². The van der Waals surface area contributed by atoms with Crippen LogP contribution in [0.4, 0.5) is 0 Å². The van der Waals surface area contributed by atoms with Crippen molar-refractivity contribution in [3.8, 4) is 11.8 Å². The van der Waals surface area contributed by atoms with Crippen molar-refractivity contribution < 1.29 is 4.42 Å². The summed E-state index contributed by atoms with van der Waals surface area (Å²) in [5.74, 6) is 7.66. The van der Waals surface area contributed by atoms with E-state index in [0.717, 1.165) is 18.0 Å². The van der Waals surface area contributed by atoms with E-state index in [4.69, 9.17) is 4.42 Å². The van der Waals surface area contributed by atoms with E-state index in [1.54, 1.807) is 6.26 Å². The molecule has 0 radical (unpaired) electrons. The number of hydrogen-bond acceptors (Lipinski definition) is 2. The zero-order chi connectivity index (χ0) is 10.6. The van der Waals surface area contributed by atoms with E-state index < -0.39 is 0 Å². The number of nitrogens with zero attached hydrogens (tertiary/aromatic N) is 1. The van der Waals surface area contributed by atoms with Crippen LogP contribution in [0.3, 0.4) is 0 Å². The third-order valence-corrected chi connectivity index (χ3v) is 2.07. The molecule has 14 heavy (non-hydrogen) atoms. The molecule has 1 aromatic rings. The minimum Gasteiger partial charge on any atom is -0.447 e. The minimum absolute atomic E-state index is 0.328. The van der Waals surface area contributed by atoms with Crippen molar-refractivity contribution in [1.82, 2.24) is 4.98 Å². The van der Waals surface area contributed by atoms with Gasteiger partial charge in [0.15, 0.2) is 11.6 Å². The van der Waals surface area contributed by atoms with E-state index in [0.29, 0.717) is 11.8 Å². The van der Waals surface area contributed by atoms with Gasteiger partial charge in [0.25, 0.3) is 0 Å². The first-order valence-corrected chi connectivity index (χ1v) is 5.10. The average molecular weight is 191 g/mol. The molecule has 0 N–H and O–H groups in total. The highest BCUT2D eigenvalue weighted by atomic mass is 16.3. The van der Waals surface area contributed by atoms with Gasteiger partial charge < -0.3 is 4.42 Å². The van der Waals surface area contributed by atoms with Crippen LogP contribution in [0.5, 0.6) is 0 Å². The molecule has 0 spiro atoms. The van der Waals surface area contributed by atoms with Crippen LogP contribution in [-0.2, 0) is 0 Å². The van der Waals surface area contributed by atoms with Crippen LogP contribution in [0.25, 0.3) is 0 Å². The molecular weight excluding hydrogens is 174 g/mol. The molecule has 0 aliphatic rings. The van der Waals surface area contributed by atoms with Crippen LogP contribution in [0.2, 0.25) is 0 Å². The van der Waals surface area contributed by atoms with Crippen molar-refractivity contribution in [3.05, 3.63) is 17.8 Å². The Bertz CT molecular complexity index is 341. The smallest absolute Gasteiger partial charge is 0.197 e. The van der Waals surface area contributed by atoms with Gasteiger partial charge in [0.2, 0.25) is 0 Å². The fraction of sp³-hybridized carbons (Fsp3) is 0.583. The highest BCUT2D eigenvalue weighted by Crippen LogP contribution is 2.12. The number of oxazole rings is 1. The third kappa shape index (κ3) is 2.92. The fourth-order valence-electron chi connectivity index (χ4n) is 0.909. The van der Waals surface area contributed by atoms with Crippen LogP contribution in [-0.4, -0.2) is 4.98 Å². The van der Waals surface area contributed by atoms with Crippen LogP contribution in [0, 0.1) is 17.8 Å². The van der Waals surface area contributed by atoms with Gasteiger partial charge in [-0.1, -0.05) is 33.6 Å². The van der Waals surface area contributed by atoms with Gasteiger partial charge >= 0.3 is 0 Å². The maximum Gasteiger partial charge on any atom is 0.197 e. The second-order valence-electron chi connectivity index (χ2n) is 3.80. The second-order valence-corrected chi connectivity index (χ2v) is 3.80. The summed E-state index contributed by atoms with van der Waals surface area (Å²) in [6.45, 7) is 8.34. The minimum atomic E-state index is 0.328. The maximum absolute atomic E-state index is 5.28. The molecule has 76 valence electrons. The van der Waals surface area contributed by atoms with Crippen LogP contribution in [0.1, 0.15) is 51.6 Å². The van der Waals surface area contributed by atoms with E-state index in [9.17, 15) is 0 Å². The molecule has 0 aliphatic carbocycles.